The van der Waals surface area contributed by atoms with Gasteiger partial charge in [-0.15, -0.1) is 22.7 Å². The number of carbonyl (C=O) groups excluding carboxylic acids is 1. The molecule has 0 unspecified atom stereocenters. The lowest BCUT2D eigenvalue weighted by atomic mass is 10.2. The number of amides is 1. The molecular weight excluding hydrogens is 430 g/mol. The minimum Gasteiger partial charge on any atom is -0.326 e. The van der Waals surface area contributed by atoms with Gasteiger partial charge < -0.3 is 5.32 Å². The lowest BCUT2D eigenvalue weighted by Gasteiger charge is -2.04. The number of thioether (sulfide) groups is 1. The summed E-state index contributed by atoms with van der Waals surface area (Å²) in [6.07, 6.45) is 0.281. The van der Waals surface area contributed by atoms with Gasteiger partial charge >= 0.3 is 0 Å². The second-order valence-electron chi connectivity index (χ2n) is 6.20. The molecular formula is C20H16ClN3OS3. The average Bonchev–Trinajstić information content (AvgIpc) is 3.27. The third-order valence-corrected chi connectivity index (χ3v) is 7.27. The van der Waals surface area contributed by atoms with E-state index in [2.05, 4.69) is 15.3 Å². The molecule has 0 atom stereocenters. The molecule has 4 rings (SSSR count). The number of nitrogens with one attached hydrogen (secondary N) is 1. The van der Waals surface area contributed by atoms with Gasteiger partial charge in [0.25, 0.3) is 0 Å². The third-order valence-electron chi connectivity index (χ3n) is 3.92. The summed E-state index contributed by atoms with van der Waals surface area (Å²) in [5.41, 5.74) is 3.85. The lowest BCUT2D eigenvalue weighted by molar-refractivity contribution is -0.115. The molecule has 0 radical (unpaired) electrons. The van der Waals surface area contributed by atoms with Gasteiger partial charge in [0.05, 0.1) is 22.3 Å². The Labute approximate surface area is 180 Å². The van der Waals surface area contributed by atoms with E-state index in [9.17, 15) is 4.79 Å². The molecule has 0 saturated heterocycles. The standard InChI is InChI=1S/C20H16ClN3OS3/c1-12-2-5-14(6-3-12)22-18(25)9-19-23-15(10-26-19)11-27-20-24-16-8-13(21)4-7-17(16)28-20/h2-8,10H,9,11H2,1H3,(H,22,25). The first-order chi connectivity index (χ1) is 13.5. The predicted octanol–water partition coefficient (Wildman–Crippen LogP) is 6.19. The SMILES string of the molecule is Cc1ccc(NC(=O)Cc2nc(CSc3nc4cc(Cl)ccc4s3)cs2)cc1. The van der Waals surface area contributed by atoms with E-state index in [1.807, 2.05) is 54.8 Å². The normalized spacial score (nSPS) is 11.1. The predicted molar refractivity (Wildman–Crippen MR) is 120 cm³/mol. The number of halogens is 1. The Balaban J connectivity index is 1.33. The summed E-state index contributed by atoms with van der Waals surface area (Å²) in [6, 6.07) is 13.5. The summed E-state index contributed by atoms with van der Waals surface area (Å²) in [4.78, 5) is 21.4. The van der Waals surface area contributed by atoms with Crippen LogP contribution >= 0.6 is 46.0 Å². The summed E-state index contributed by atoms with van der Waals surface area (Å²) in [7, 11) is 0. The van der Waals surface area contributed by atoms with Crippen molar-refractivity contribution in [1.29, 1.82) is 0 Å². The van der Waals surface area contributed by atoms with Crippen LogP contribution in [0, 0.1) is 6.92 Å². The zero-order valence-electron chi connectivity index (χ0n) is 14.9. The van der Waals surface area contributed by atoms with Gasteiger partial charge in [0.15, 0.2) is 4.34 Å². The number of aryl methyl sites for hydroxylation is 1. The second-order valence-corrected chi connectivity index (χ2v) is 9.84. The van der Waals surface area contributed by atoms with E-state index in [0.29, 0.717) is 5.02 Å². The van der Waals surface area contributed by atoms with Crippen molar-refractivity contribution in [3.05, 3.63) is 69.1 Å². The monoisotopic (exact) mass is 445 g/mol. The van der Waals surface area contributed by atoms with Crippen LogP contribution in [-0.4, -0.2) is 15.9 Å². The van der Waals surface area contributed by atoms with Gasteiger partial charge in [-0.2, -0.15) is 0 Å². The molecule has 0 fully saturated rings. The zero-order valence-corrected chi connectivity index (χ0v) is 18.1. The number of rotatable bonds is 6. The smallest absolute Gasteiger partial charge is 0.231 e. The van der Waals surface area contributed by atoms with E-state index in [0.717, 1.165) is 42.3 Å². The van der Waals surface area contributed by atoms with Crippen LogP contribution in [0.4, 0.5) is 5.69 Å². The van der Waals surface area contributed by atoms with Gasteiger partial charge in [-0.1, -0.05) is 41.1 Å². The number of aromatic nitrogens is 2. The Morgan fingerprint density at radius 3 is 2.82 bits per heavy atom. The molecule has 4 aromatic rings. The fourth-order valence-electron chi connectivity index (χ4n) is 2.55. The molecule has 0 aliphatic rings. The molecule has 28 heavy (non-hydrogen) atoms. The number of anilines is 1. The largest absolute Gasteiger partial charge is 0.326 e. The van der Waals surface area contributed by atoms with Crippen molar-refractivity contribution in [2.45, 2.75) is 23.4 Å². The van der Waals surface area contributed by atoms with E-state index in [-0.39, 0.29) is 12.3 Å². The minimum atomic E-state index is -0.0551. The number of hydrogen-bond acceptors (Lipinski definition) is 6. The summed E-state index contributed by atoms with van der Waals surface area (Å²) >= 11 is 10.8. The van der Waals surface area contributed by atoms with Crippen LogP contribution in [0.3, 0.4) is 0 Å². The van der Waals surface area contributed by atoms with Crippen molar-refractivity contribution in [1.82, 2.24) is 9.97 Å². The number of hydrogen-bond donors (Lipinski definition) is 1. The maximum atomic E-state index is 12.2. The van der Waals surface area contributed by atoms with Crippen molar-refractivity contribution < 1.29 is 4.79 Å². The molecule has 2 aromatic carbocycles. The molecule has 2 aromatic heterocycles. The van der Waals surface area contributed by atoms with Crippen LogP contribution in [0.15, 0.2) is 52.2 Å². The molecule has 2 heterocycles. The number of fused-ring (bicyclic) bond motifs is 1. The van der Waals surface area contributed by atoms with Crippen LogP contribution < -0.4 is 5.32 Å². The summed E-state index contributed by atoms with van der Waals surface area (Å²) in [5, 5.41) is 6.43. The van der Waals surface area contributed by atoms with Gasteiger partial charge in [-0.05, 0) is 37.3 Å². The van der Waals surface area contributed by atoms with E-state index in [4.69, 9.17) is 11.6 Å². The Bertz CT molecular complexity index is 1120. The number of nitrogens with zero attached hydrogens (tertiary/aromatic N) is 2. The van der Waals surface area contributed by atoms with Gasteiger partial charge in [-0.25, -0.2) is 9.97 Å². The molecule has 8 heteroatoms. The molecule has 0 saturated carbocycles. The summed E-state index contributed by atoms with van der Waals surface area (Å²) in [5.74, 6) is 0.671. The highest BCUT2D eigenvalue weighted by atomic mass is 35.5. The fraction of sp³-hybridized carbons (Fsp3) is 0.150. The molecule has 0 aliphatic carbocycles. The van der Waals surface area contributed by atoms with Crippen molar-refractivity contribution in [2.24, 2.45) is 0 Å². The maximum Gasteiger partial charge on any atom is 0.231 e. The Hall–Kier alpha value is -1.93. The summed E-state index contributed by atoms with van der Waals surface area (Å²) in [6.45, 7) is 2.02. The topological polar surface area (TPSA) is 54.9 Å². The number of thiazole rings is 2. The molecule has 0 spiro atoms. The highest BCUT2D eigenvalue weighted by Gasteiger charge is 2.10. The Morgan fingerprint density at radius 1 is 1.18 bits per heavy atom. The van der Waals surface area contributed by atoms with Gasteiger partial charge in [0.1, 0.15) is 5.01 Å². The number of carbonyl (C=O) groups is 1. The van der Waals surface area contributed by atoms with E-state index in [1.165, 1.54) is 11.3 Å². The second kappa shape index (κ2) is 8.61. The molecule has 4 nitrogen and oxygen atoms in total. The third kappa shape index (κ3) is 4.91. The zero-order chi connectivity index (χ0) is 19.5. The quantitative estimate of drug-likeness (QED) is 0.359. The highest BCUT2D eigenvalue weighted by molar-refractivity contribution is 8.00. The van der Waals surface area contributed by atoms with Crippen LogP contribution in [-0.2, 0) is 17.0 Å². The van der Waals surface area contributed by atoms with Crippen LogP contribution in [0.2, 0.25) is 5.02 Å². The average molecular weight is 446 g/mol. The maximum absolute atomic E-state index is 12.2. The van der Waals surface area contributed by atoms with E-state index >= 15 is 0 Å². The van der Waals surface area contributed by atoms with Crippen LogP contribution in [0.1, 0.15) is 16.3 Å². The van der Waals surface area contributed by atoms with Crippen LogP contribution in [0.25, 0.3) is 10.2 Å². The Morgan fingerprint density at radius 2 is 2.00 bits per heavy atom. The fourth-order valence-corrected chi connectivity index (χ4v) is 5.56. The first-order valence-electron chi connectivity index (χ1n) is 8.54. The van der Waals surface area contributed by atoms with Crippen molar-refractivity contribution in [3.8, 4) is 0 Å². The first kappa shape index (κ1) is 19.4. The van der Waals surface area contributed by atoms with Crippen LogP contribution in [0.5, 0.6) is 0 Å². The van der Waals surface area contributed by atoms with Gasteiger partial charge in [-0.3, -0.25) is 4.79 Å². The summed E-state index contributed by atoms with van der Waals surface area (Å²) < 4.78 is 2.11. The highest BCUT2D eigenvalue weighted by Crippen LogP contribution is 2.32. The van der Waals surface area contributed by atoms with E-state index in [1.54, 1.807) is 23.1 Å². The van der Waals surface area contributed by atoms with Gasteiger partial charge in [0, 0.05) is 21.8 Å². The van der Waals surface area contributed by atoms with Crippen molar-refractivity contribution >= 4 is 67.8 Å². The van der Waals surface area contributed by atoms with Crippen molar-refractivity contribution in [2.75, 3.05) is 5.32 Å². The molecule has 0 bridgehead atoms. The van der Waals surface area contributed by atoms with E-state index < -0.39 is 0 Å². The molecule has 142 valence electrons. The Kier molecular flexibility index (Phi) is 5.96. The first-order valence-corrected chi connectivity index (χ1v) is 11.6. The molecule has 1 amide bonds. The molecule has 0 aliphatic heterocycles. The van der Waals surface area contributed by atoms with Crippen molar-refractivity contribution in [3.63, 3.8) is 0 Å². The lowest BCUT2D eigenvalue weighted by Crippen LogP contribution is -2.14. The number of benzene rings is 2. The van der Waals surface area contributed by atoms with Gasteiger partial charge in [0.2, 0.25) is 5.91 Å². The molecule has 1 N–H and O–H groups in total. The minimum absolute atomic E-state index is 0.0551.